The lowest BCUT2D eigenvalue weighted by molar-refractivity contribution is -0.174. The van der Waals surface area contributed by atoms with Crippen molar-refractivity contribution < 1.29 is 17.9 Å². The number of nitrogens with zero attached hydrogens (tertiary/aromatic N) is 1. The molecule has 6 heteroatoms. The molecular formula is C10H19F3N2O. The van der Waals surface area contributed by atoms with Gasteiger partial charge in [0.1, 0.15) is 6.61 Å². The van der Waals surface area contributed by atoms with Crippen molar-refractivity contribution in [1.82, 2.24) is 10.2 Å². The fourth-order valence-corrected chi connectivity index (χ4v) is 1.87. The van der Waals surface area contributed by atoms with E-state index >= 15 is 0 Å². The number of likely N-dealkylation sites (N-methyl/N-ethyl adjacent to an activating group) is 1. The third kappa shape index (κ3) is 5.67. The Bertz CT molecular complexity index is 199. The van der Waals surface area contributed by atoms with E-state index in [9.17, 15) is 13.2 Å². The lowest BCUT2D eigenvalue weighted by Crippen LogP contribution is -2.33. The molecule has 0 radical (unpaired) electrons. The van der Waals surface area contributed by atoms with Gasteiger partial charge in [-0.05, 0) is 19.5 Å². The van der Waals surface area contributed by atoms with Crippen molar-refractivity contribution in [3.63, 3.8) is 0 Å². The van der Waals surface area contributed by atoms with Crippen LogP contribution in [0.15, 0.2) is 0 Å². The average molecular weight is 240 g/mol. The molecule has 0 bridgehead atoms. The summed E-state index contributed by atoms with van der Waals surface area (Å²) in [5.74, 6) is 0. The predicted octanol–water partition coefficient (Wildman–Crippen LogP) is 1.25. The number of likely N-dealkylation sites (tertiary alicyclic amines) is 1. The van der Waals surface area contributed by atoms with E-state index in [0.717, 1.165) is 26.1 Å². The second kappa shape index (κ2) is 6.42. The smallest absolute Gasteiger partial charge is 0.371 e. The molecule has 1 unspecified atom stereocenters. The van der Waals surface area contributed by atoms with Crippen LogP contribution in [0.25, 0.3) is 0 Å². The second-order valence-corrected chi connectivity index (χ2v) is 4.01. The zero-order valence-electron chi connectivity index (χ0n) is 9.52. The first kappa shape index (κ1) is 13.7. The van der Waals surface area contributed by atoms with Crippen LogP contribution in [-0.2, 0) is 4.74 Å². The van der Waals surface area contributed by atoms with Gasteiger partial charge in [0.2, 0.25) is 0 Å². The molecule has 1 atom stereocenters. The van der Waals surface area contributed by atoms with Gasteiger partial charge in [0, 0.05) is 19.1 Å². The van der Waals surface area contributed by atoms with E-state index in [1.807, 2.05) is 0 Å². The Labute approximate surface area is 93.9 Å². The van der Waals surface area contributed by atoms with Crippen LogP contribution in [0.1, 0.15) is 13.3 Å². The molecule has 0 aromatic carbocycles. The summed E-state index contributed by atoms with van der Waals surface area (Å²) in [7, 11) is 0. The minimum Gasteiger partial charge on any atom is -0.371 e. The summed E-state index contributed by atoms with van der Waals surface area (Å²) in [5.41, 5.74) is 0. The molecule has 0 aliphatic carbocycles. The van der Waals surface area contributed by atoms with E-state index in [1.54, 1.807) is 0 Å². The Morgan fingerprint density at radius 2 is 2.19 bits per heavy atom. The largest absolute Gasteiger partial charge is 0.411 e. The van der Waals surface area contributed by atoms with Gasteiger partial charge in [-0.25, -0.2) is 0 Å². The van der Waals surface area contributed by atoms with E-state index in [0.29, 0.717) is 12.6 Å². The molecule has 96 valence electrons. The van der Waals surface area contributed by atoms with Crippen LogP contribution in [0.4, 0.5) is 13.2 Å². The Morgan fingerprint density at radius 3 is 2.81 bits per heavy atom. The molecule has 0 aromatic heterocycles. The molecule has 0 spiro atoms. The lowest BCUT2D eigenvalue weighted by atomic mass is 10.3. The Hall–Kier alpha value is -0.330. The zero-order chi connectivity index (χ0) is 12.0. The third-order valence-electron chi connectivity index (χ3n) is 2.58. The lowest BCUT2D eigenvalue weighted by Gasteiger charge is -2.16. The van der Waals surface area contributed by atoms with E-state index in [-0.39, 0.29) is 6.61 Å². The highest BCUT2D eigenvalue weighted by Crippen LogP contribution is 2.14. The normalized spacial score (nSPS) is 22.9. The molecule has 3 nitrogen and oxygen atoms in total. The molecule has 1 saturated heterocycles. The fraction of sp³-hybridized carbons (Fsp3) is 1.00. The van der Waals surface area contributed by atoms with Crippen molar-refractivity contribution >= 4 is 0 Å². The van der Waals surface area contributed by atoms with Crippen LogP contribution in [-0.4, -0.2) is 56.5 Å². The molecule has 1 heterocycles. The van der Waals surface area contributed by atoms with Gasteiger partial charge in [0.05, 0.1) is 6.61 Å². The molecule has 0 saturated carbocycles. The van der Waals surface area contributed by atoms with Crippen molar-refractivity contribution in [1.29, 1.82) is 0 Å². The number of ether oxygens (including phenoxy) is 1. The Kier molecular flexibility index (Phi) is 5.51. The maximum Gasteiger partial charge on any atom is 0.411 e. The van der Waals surface area contributed by atoms with Gasteiger partial charge in [-0.3, -0.25) is 4.90 Å². The minimum atomic E-state index is -4.21. The molecule has 1 fully saturated rings. The molecular weight excluding hydrogens is 221 g/mol. The van der Waals surface area contributed by atoms with Gasteiger partial charge in [0.25, 0.3) is 0 Å². The van der Waals surface area contributed by atoms with Crippen molar-refractivity contribution in [2.24, 2.45) is 0 Å². The maximum absolute atomic E-state index is 11.8. The van der Waals surface area contributed by atoms with Gasteiger partial charge < -0.3 is 10.1 Å². The topological polar surface area (TPSA) is 24.5 Å². The van der Waals surface area contributed by atoms with E-state index in [4.69, 9.17) is 0 Å². The second-order valence-electron chi connectivity index (χ2n) is 4.01. The number of nitrogens with one attached hydrogen (secondary N) is 1. The summed E-state index contributed by atoms with van der Waals surface area (Å²) < 4.78 is 39.9. The monoisotopic (exact) mass is 240 g/mol. The first-order chi connectivity index (χ1) is 7.51. The van der Waals surface area contributed by atoms with Crippen molar-refractivity contribution in [2.75, 3.05) is 39.4 Å². The highest BCUT2D eigenvalue weighted by molar-refractivity contribution is 4.80. The number of hydrogen-bond donors (Lipinski definition) is 1. The van der Waals surface area contributed by atoms with Crippen LogP contribution >= 0.6 is 0 Å². The van der Waals surface area contributed by atoms with E-state index < -0.39 is 12.8 Å². The standard InChI is InChI=1S/C10H19F3N2O/c1-2-14-9-3-4-15(7-9)5-6-16-8-10(11,12)13/h9,14H,2-8H2,1H3. The number of alkyl halides is 3. The maximum atomic E-state index is 11.8. The molecule has 0 aromatic rings. The van der Waals surface area contributed by atoms with Crippen LogP contribution in [0, 0.1) is 0 Å². The fourth-order valence-electron chi connectivity index (χ4n) is 1.87. The highest BCUT2D eigenvalue weighted by Gasteiger charge is 2.27. The molecule has 0 amide bonds. The minimum absolute atomic E-state index is 0.151. The predicted molar refractivity (Wildman–Crippen MR) is 55.4 cm³/mol. The first-order valence-electron chi connectivity index (χ1n) is 5.61. The third-order valence-corrected chi connectivity index (χ3v) is 2.58. The number of hydrogen-bond acceptors (Lipinski definition) is 3. The number of rotatable bonds is 6. The van der Waals surface area contributed by atoms with Crippen molar-refractivity contribution in [3.05, 3.63) is 0 Å². The molecule has 1 aliphatic rings. The van der Waals surface area contributed by atoms with Crippen LogP contribution in [0.2, 0.25) is 0 Å². The summed E-state index contributed by atoms with van der Waals surface area (Å²) in [6.45, 7) is 4.42. The van der Waals surface area contributed by atoms with Crippen LogP contribution in [0.3, 0.4) is 0 Å². The van der Waals surface area contributed by atoms with Crippen LogP contribution in [0.5, 0.6) is 0 Å². The van der Waals surface area contributed by atoms with Crippen molar-refractivity contribution in [3.8, 4) is 0 Å². The Morgan fingerprint density at radius 1 is 1.44 bits per heavy atom. The molecule has 1 N–H and O–H groups in total. The molecule has 16 heavy (non-hydrogen) atoms. The Balaban J connectivity index is 2.02. The summed E-state index contributed by atoms with van der Waals surface area (Å²) in [4.78, 5) is 2.13. The van der Waals surface area contributed by atoms with Gasteiger partial charge in [-0.15, -0.1) is 0 Å². The van der Waals surface area contributed by atoms with Crippen LogP contribution < -0.4 is 5.32 Å². The zero-order valence-corrected chi connectivity index (χ0v) is 9.52. The summed E-state index contributed by atoms with van der Waals surface area (Å²) in [6, 6.07) is 0.479. The van der Waals surface area contributed by atoms with Gasteiger partial charge in [0.15, 0.2) is 0 Å². The highest BCUT2D eigenvalue weighted by atomic mass is 19.4. The molecule has 1 rings (SSSR count). The summed E-state index contributed by atoms with van der Waals surface area (Å²) >= 11 is 0. The summed E-state index contributed by atoms with van der Waals surface area (Å²) in [5, 5.41) is 3.33. The van der Waals surface area contributed by atoms with E-state index in [2.05, 4.69) is 21.9 Å². The van der Waals surface area contributed by atoms with E-state index in [1.165, 1.54) is 0 Å². The molecule has 1 aliphatic heterocycles. The van der Waals surface area contributed by atoms with Gasteiger partial charge >= 0.3 is 6.18 Å². The number of halogens is 3. The van der Waals surface area contributed by atoms with Crippen molar-refractivity contribution in [2.45, 2.75) is 25.6 Å². The SMILES string of the molecule is CCNC1CCN(CCOCC(F)(F)F)C1. The average Bonchev–Trinajstić information content (AvgIpc) is 2.60. The first-order valence-corrected chi connectivity index (χ1v) is 5.61. The quantitative estimate of drug-likeness (QED) is 0.707. The van der Waals surface area contributed by atoms with Gasteiger partial charge in [-0.2, -0.15) is 13.2 Å². The summed E-state index contributed by atoms with van der Waals surface area (Å²) in [6.07, 6.45) is -3.15. The van der Waals surface area contributed by atoms with Gasteiger partial charge in [-0.1, -0.05) is 6.92 Å².